The zero-order valence-corrected chi connectivity index (χ0v) is 16.2. The molecule has 0 aliphatic carbocycles. The highest BCUT2D eigenvalue weighted by molar-refractivity contribution is 5.96. The molecule has 0 saturated carbocycles. The first-order chi connectivity index (χ1) is 14.6. The monoisotopic (exact) mass is 400 g/mol. The molecule has 1 unspecified atom stereocenters. The average molecular weight is 400 g/mol. The van der Waals surface area contributed by atoms with Gasteiger partial charge in [0.05, 0.1) is 23.2 Å². The summed E-state index contributed by atoms with van der Waals surface area (Å²) in [5, 5.41) is 18.9. The number of hydrogen-bond acceptors (Lipinski definition) is 5. The first-order valence-electron chi connectivity index (χ1n) is 9.70. The number of nitrogens with one attached hydrogen (secondary N) is 2. The number of anilines is 1. The van der Waals surface area contributed by atoms with Crippen molar-refractivity contribution in [1.82, 2.24) is 20.1 Å². The Morgan fingerprint density at radius 2 is 2.03 bits per heavy atom. The van der Waals surface area contributed by atoms with Gasteiger partial charge in [-0.15, -0.1) is 0 Å². The molecule has 1 aliphatic rings. The first kappa shape index (κ1) is 19.3. The fraction of sp³-hybridized carbons (Fsp3) is 0.227. The number of aromatic nitrogens is 3. The fourth-order valence-electron chi connectivity index (χ4n) is 3.56. The zero-order chi connectivity index (χ0) is 20.9. The fourth-order valence-corrected chi connectivity index (χ4v) is 3.56. The van der Waals surface area contributed by atoms with E-state index in [0.29, 0.717) is 42.1 Å². The number of carbonyl (C=O) groups excluding carboxylic acids is 2. The van der Waals surface area contributed by atoms with E-state index in [9.17, 15) is 9.59 Å². The van der Waals surface area contributed by atoms with Gasteiger partial charge in [0.25, 0.3) is 5.91 Å². The number of piperidine rings is 1. The van der Waals surface area contributed by atoms with Crippen molar-refractivity contribution in [3.63, 3.8) is 0 Å². The minimum atomic E-state index is -0.309. The Kier molecular flexibility index (Phi) is 5.52. The van der Waals surface area contributed by atoms with Gasteiger partial charge in [0.1, 0.15) is 5.69 Å². The van der Waals surface area contributed by atoms with Crippen molar-refractivity contribution in [2.45, 2.75) is 12.8 Å². The number of hydrogen-bond donors (Lipinski definition) is 2. The van der Waals surface area contributed by atoms with Gasteiger partial charge in [-0.2, -0.15) is 10.4 Å². The quantitative estimate of drug-likeness (QED) is 0.699. The third-order valence-electron chi connectivity index (χ3n) is 5.12. The van der Waals surface area contributed by atoms with E-state index in [2.05, 4.69) is 26.6 Å². The molecule has 8 heteroatoms. The van der Waals surface area contributed by atoms with Gasteiger partial charge in [0, 0.05) is 36.7 Å². The van der Waals surface area contributed by atoms with E-state index < -0.39 is 0 Å². The van der Waals surface area contributed by atoms with Gasteiger partial charge in [-0.3, -0.25) is 19.7 Å². The highest BCUT2D eigenvalue weighted by atomic mass is 16.2. The van der Waals surface area contributed by atoms with Crippen LogP contribution in [0.15, 0.2) is 54.9 Å². The van der Waals surface area contributed by atoms with Gasteiger partial charge in [0.2, 0.25) is 5.91 Å². The standard InChI is InChI=1S/C22H20N6O2/c23-13-15-3-1-5-18(11-15)25-21(29)17-4-2-10-28(14-17)22(30)20-12-19(26-27-20)16-6-8-24-9-7-16/h1,3,5-9,11-12,17H,2,4,10,14H2,(H,25,29)(H,26,27). The second-order valence-electron chi connectivity index (χ2n) is 7.17. The van der Waals surface area contributed by atoms with Crippen molar-refractivity contribution in [2.24, 2.45) is 5.92 Å². The number of benzene rings is 1. The largest absolute Gasteiger partial charge is 0.337 e. The zero-order valence-electron chi connectivity index (χ0n) is 16.2. The van der Waals surface area contributed by atoms with Crippen molar-refractivity contribution in [1.29, 1.82) is 5.26 Å². The summed E-state index contributed by atoms with van der Waals surface area (Å²) < 4.78 is 0. The number of nitriles is 1. The van der Waals surface area contributed by atoms with Crippen LogP contribution in [0.3, 0.4) is 0 Å². The maximum absolute atomic E-state index is 12.9. The van der Waals surface area contributed by atoms with E-state index in [1.165, 1.54) is 0 Å². The number of H-pyrrole nitrogens is 1. The predicted octanol–water partition coefficient (Wildman–Crippen LogP) is 2.83. The summed E-state index contributed by atoms with van der Waals surface area (Å²) in [6, 6.07) is 14.2. The topological polar surface area (TPSA) is 115 Å². The summed E-state index contributed by atoms with van der Waals surface area (Å²) in [5.74, 6) is -0.632. The van der Waals surface area contributed by atoms with E-state index >= 15 is 0 Å². The molecule has 0 spiro atoms. The SMILES string of the molecule is N#Cc1cccc(NC(=O)C2CCCN(C(=O)c3cc(-c4ccncc4)n[nH]3)C2)c1. The molecule has 0 bridgehead atoms. The van der Waals surface area contributed by atoms with Crippen LogP contribution < -0.4 is 5.32 Å². The molecule has 2 amide bonds. The van der Waals surface area contributed by atoms with E-state index in [1.54, 1.807) is 47.6 Å². The lowest BCUT2D eigenvalue weighted by Crippen LogP contribution is -2.43. The number of nitrogens with zero attached hydrogens (tertiary/aromatic N) is 4. The van der Waals surface area contributed by atoms with Crippen LogP contribution in [0, 0.1) is 17.2 Å². The average Bonchev–Trinajstić information content (AvgIpc) is 3.30. The number of rotatable bonds is 4. The summed E-state index contributed by atoms with van der Waals surface area (Å²) in [6.07, 6.45) is 4.80. The Hall–Kier alpha value is -3.99. The molecule has 1 fully saturated rings. The van der Waals surface area contributed by atoms with Gasteiger partial charge in [-0.05, 0) is 49.2 Å². The molecular formula is C22H20N6O2. The Balaban J connectivity index is 1.42. The minimum Gasteiger partial charge on any atom is -0.337 e. The maximum Gasteiger partial charge on any atom is 0.271 e. The van der Waals surface area contributed by atoms with E-state index in [0.717, 1.165) is 12.0 Å². The molecule has 2 aromatic heterocycles. The number of likely N-dealkylation sites (tertiary alicyclic amines) is 1. The van der Waals surface area contributed by atoms with Gasteiger partial charge < -0.3 is 10.2 Å². The summed E-state index contributed by atoms with van der Waals surface area (Å²) >= 11 is 0. The molecule has 1 aliphatic heterocycles. The summed E-state index contributed by atoms with van der Waals surface area (Å²) in [5.41, 5.74) is 3.00. The lowest BCUT2D eigenvalue weighted by atomic mass is 9.96. The first-order valence-corrected chi connectivity index (χ1v) is 9.70. The van der Waals surface area contributed by atoms with Crippen LogP contribution in [-0.2, 0) is 4.79 Å². The minimum absolute atomic E-state index is 0.148. The van der Waals surface area contributed by atoms with Crippen LogP contribution in [0.1, 0.15) is 28.9 Å². The Morgan fingerprint density at radius 3 is 2.83 bits per heavy atom. The molecular weight excluding hydrogens is 380 g/mol. The lowest BCUT2D eigenvalue weighted by Gasteiger charge is -2.31. The molecule has 2 N–H and O–H groups in total. The van der Waals surface area contributed by atoms with Crippen LogP contribution in [0.5, 0.6) is 0 Å². The van der Waals surface area contributed by atoms with E-state index in [4.69, 9.17) is 5.26 Å². The highest BCUT2D eigenvalue weighted by Gasteiger charge is 2.29. The summed E-state index contributed by atoms with van der Waals surface area (Å²) in [4.78, 5) is 31.3. The molecule has 1 aromatic carbocycles. The van der Waals surface area contributed by atoms with E-state index in [-0.39, 0.29) is 17.7 Å². The molecule has 3 heterocycles. The van der Waals surface area contributed by atoms with Crippen LogP contribution in [0.4, 0.5) is 5.69 Å². The van der Waals surface area contributed by atoms with Crippen molar-refractivity contribution < 1.29 is 9.59 Å². The van der Waals surface area contributed by atoms with Crippen LogP contribution >= 0.6 is 0 Å². The predicted molar refractivity (Wildman–Crippen MR) is 110 cm³/mol. The summed E-state index contributed by atoms with van der Waals surface area (Å²) in [7, 11) is 0. The molecule has 8 nitrogen and oxygen atoms in total. The van der Waals surface area contributed by atoms with Crippen LogP contribution in [-0.4, -0.2) is 45.0 Å². The second kappa shape index (κ2) is 8.57. The molecule has 1 atom stereocenters. The second-order valence-corrected chi connectivity index (χ2v) is 7.17. The smallest absolute Gasteiger partial charge is 0.271 e. The molecule has 0 radical (unpaired) electrons. The van der Waals surface area contributed by atoms with Crippen LogP contribution in [0.2, 0.25) is 0 Å². The Morgan fingerprint density at radius 1 is 1.20 bits per heavy atom. The van der Waals surface area contributed by atoms with Gasteiger partial charge in [-0.1, -0.05) is 6.07 Å². The number of pyridine rings is 1. The third-order valence-corrected chi connectivity index (χ3v) is 5.12. The normalized spacial score (nSPS) is 16.0. The van der Waals surface area contributed by atoms with Gasteiger partial charge in [-0.25, -0.2) is 0 Å². The molecule has 30 heavy (non-hydrogen) atoms. The van der Waals surface area contributed by atoms with Crippen molar-refractivity contribution in [3.8, 4) is 17.3 Å². The lowest BCUT2D eigenvalue weighted by molar-refractivity contribution is -0.121. The number of carbonyl (C=O) groups is 2. The van der Waals surface area contributed by atoms with E-state index in [1.807, 2.05) is 12.1 Å². The molecule has 150 valence electrons. The molecule has 3 aromatic rings. The van der Waals surface area contributed by atoms with Gasteiger partial charge >= 0.3 is 0 Å². The Bertz CT molecular complexity index is 1100. The Labute approximate surface area is 173 Å². The maximum atomic E-state index is 12.9. The highest BCUT2D eigenvalue weighted by Crippen LogP contribution is 2.22. The van der Waals surface area contributed by atoms with Crippen LogP contribution in [0.25, 0.3) is 11.3 Å². The molecule has 4 rings (SSSR count). The van der Waals surface area contributed by atoms with Crippen molar-refractivity contribution >= 4 is 17.5 Å². The molecule has 1 saturated heterocycles. The van der Waals surface area contributed by atoms with Gasteiger partial charge in [0.15, 0.2) is 0 Å². The van der Waals surface area contributed by atoms with Crippen molar-refractivity contribution in [3.05, 3.63) is 66.1 Å². The van der Waals surface area contributed by atoms with Crippen molar-refractivity contribution in [2.75, 3.05) is 18.4 Å². The third kappa shape index (κ3) is 4.20. The number of amides is 2. The number of aromatic amines is 1. The summed E-state index contributed by atoms with van der Waals surface area (Å²) in [6.45, 7) is 0.933.